The Kier molecular flexibility index (Phi) is 5.28. The minimum Gasteiger partial charge on any atom is -0.273 e. The van der Waals surface area contributed by atoms with Crippen molar-refractivity contribution < 1.29 is 9.63 Å². The Morgan fingerprint density at radius 2 is 2.47 bits per heavy atom. The second kappa shape index (κ2) is 6.53. The van der Waals surface area contributed by atoms with E-state index < -0.39 is 0 Å². The first-order valence-electron chi connectivity index (χ1n) is 4.77. The molecule has 1 N–H and O–H groups in total. The van der Waals surface area contributed by atoms with Crippen LogP contribution >= 0.6 is 15.9 Å². The molecule has 15 heavy (non-hydrogen) atoms. The maximum atomic E-state index is 11.4. The third-order valence-corrected chi connectivity index (χ3v) is 2.21. The molecule has 0 unspecified atom stereocenters. The normalized spacial score (nSPS) is 10.0. The summed E-state index contributed by atoms with van der Waals surface area (Å²) < 4.78 is 0.816. The van der Waals surface area contributed by atoms with E-state index in [1.165, 1.54) is 0 Å². The zero-order chi connectivity index (χ0) is 11.1. The molecule has 0 radical (unpaired) electrons. The highest BCUT2D eigenvalue weighted by atomic mass is 79.9. The van der Waals surface area contributed by atoms with Crippen LogP contribution < -0.4 is 5.48 Å². The van der Waals surface area contributed by atoms with Gasteiger partial charge >= 0.3 is 0 Å². The van der Waals surface area contributed by atoms with Crippen LogP contribution in [0.4, 0.5) is 0 Å². The number of pyridine rings is 1. The predicted octanol–water partition coefficient (Wildman–Crippen LogP) is 2.31. The number of unbranched alkanes of at least 4 members (excludes halogenated alkanes) is 1. The largest absolute Gasteiger partial charge is 0.293 e. The van der Waals surface area contributed by atoms with Gasteiger partial charge in [0.1, 0.15) is 5.69 Å². The first-order chi connectivity index (χ1) is 7.24. The minimum atomic E-state index is -0.326. The molecule has 1 amide bonds. The molecule has 0 saturated carbocycles. The minimum absolute atomic E-state index is 0.326. The Balaban J connectivity index is 2.40. The van der Waals surface area contributed by atoms with Crippen LogP contribution in [0.1, 0.15) is 30.3 Å². The van der Waals surface area contributed by atoms with E-state index in [9.17, 15) is 4.79 Å². The van der Waals surface area contributed by atoms with E-state index in [1.807, 2.05) is 0 Å². The molecule has 0 atom stereocenters. The van der Waals surface area contributed by atoms with Crippen LogP contribution in [-0.4, -0.2) is 17.5 Å². The molecule has 1 rings (SSSR count). The van der Waals surface area contributed by atoms with Crippen LogP contribution in [0.5, 0.6) is 0 Å². The highest BCUT2D eigenvalue weighted by Crippen LogP contribution is 2.08. The van der Waals surface area contributed by atoms with E-state index in [0.29, 0.717) is 12.3 Å². The molecule has 5 heteroatoms. The number of rotatable bonds is 5. The van der Waals surface area contributed by atoms with Crippen LogP contribution in [0.3, 0.4) is 0 Å². The predicted molar refractivity (Wildman–Crippen MR) is 60.3 cm³/mol. The lowest BCUT2D eigenvalue weighted by Gasteiger charge is -2.04. The van der Waals surface area contributed by atoms with Crippen molar-refractivity contribution in [2.24, 2.45) is 0 Å². The average molecular weight is 273 g/mol. The number of hydrogen-bond donors (Lipinski definition) is 1. The molecule has 0 fully saturated rings. The monoisotopic (exact) mass is 272 g/mol. The molecule has 1 aromatic heterocycles. The van der Waals surface area contributed by atoms with Crippen molar-refractivity contribution in [3.63, 3.8) is 0 Å². The first-order valence-corrected chi connectivity index (χ1v) is 5.57. The molecule has 4 nitrogen and oxygen atoms in total. The third kappa shape index (κ3) is 4.40. The lowest BCUT2D eigenvalue weighted by molar-refractivity contribution is 0.0297. The summed E-state index contributed by atoms with van der Waals surface area (Å²) >= 11 is 3.26. The highest BCUT2D eigenvalue weighted by Gasteiger charge is 2.06. The van der Waals surface area contributed by atoms with Crippen molar-refractivity contribution in [2.45, 2.75) is 19.8 Å². The number of aromatic nitrogens is 1. The van der Waals surface area contributed by atoms with E-state index in [4.69, 9.17) is 4.84 Å². The molecular formula is C10H13BrN2O2. The number of nitrogens with one attached hydrogen (secondary N) is 1. The second-order valence-electron chi connectivity index (χ2n) is 2.99. The van der Waals surface area contributed by atoms with Gasteiger partial charge in [-0.15, -0.1) is 0 Å². The molecule has 0 aromatic carbocycles. The lowest BCUT2D eigenvalue weighted by atomic mass is 10.3. The maximum Gasteiger partial charge on any atom is 0.293 e. The van der Waals surface area contributed by atoms with Gasteiger partial charge in [0.2, 0.25) is 0 Å². The fourth-order valence-corrected chi connectivity index (χ4v) is 1.25. The summed E-state index contributed by atoms with van der Waals surface area (Å²) in [7, 11) is 0. The summed E-state index contributed by atoms with van der Waals surface area (Å²) in [5, 5.41) is 0. The maximum absolute atomic E-state index is 11.4. The molecule has 0 spiro atoms. The average Bonchev–Trinajstić information content (AvgIpc) is 2.24. The van der Waals surface area contributed by atoms with Gasteiger partial charge < -0.3 is 0 Å². The highest BCUT2D eigenvalue weighted by molar-refractivity contribution is 9.10. The van der Waals surface area contributed by atoms with E-state index in [2.05, 4.69) is 33.3 Å². The molecule has 0 saturated heterocycles. The first kappa shape index (κ1) is 12.1. The Bertz CT molecular complexity index is 331. The van der Waals surface area contributed by atoms with Crippen molar-refractivity contribution in [2.75, 3.05) is 6.61 Å². The van der Waals surface area contributed by atoms with Gasteiger partial charge in [0, 0.05) is 10.7 Å². The summed E-state index contributed by atoms with van der Waals surface area (Å²) in [4.78, 5) is 20.3. The summed E-state index contributed by atoms with van der Waals surface area (Å²) in [5.41, 5.74) is 2.67. The van der Waals surface area contributed by atoms with Gasteiger partial charge in [0.25, 0.3) is 5.91 Å². The number of hydrogen-bond acceptors (Lipinski definition) is 3. The van der Waals surface area contributed by atoms with Crippen molar-refractivity contribution in [1.29, 1.82) is 0 Å². The van der Waals surface area contributed by atoms with Gasteiger partial charge in [0.05, 0.1) is 6.61 Å². The Morgan fingerprint density at radius 1 is 1.67 bits per heavy atom. The number of amides is 1. The number of nitrogens with zero attached hydrogens (tertiary/aromatic N) is 1. The Labute approximate surface area is 97.1 Å². The summed E-state index contributed by atoms with van der Waals surface area (Å²) in [6, 6.07) is 3.40. The SMILES string of the molecule is CCCCONC(=O)c1cc(Br)ccn1. The van der Waals surface area contributed by atoms with Gasteiger partial charge in [-0.25, -0.2) is 5.48 Å². The van der Waals surface area contributed by atoms with Gasteiger partial charge in [-0.3, -0.25) is 14.6 Å². The van der Waals surface area contributed by atoms with E-state index in [-0.39, 0.29) is 5.91 Å². The van der Waals surface area contributed by atoms with Gasteiger partial charge in [0.15, 0.2) is 0 Å². The van der Waals surface area contributed by atoms with Crippen LogP contribution in [0, 0.1) is 0 Å². The van der Waals surface area contributed by atoms with Crippen LogP contribution in [0.25, 0.3) is 0 Å². The summed E-state index contributed by atoms with van der Waals surface area (Å²) in [6.45, 7) is 2.58. The fourth-order valence-electron chi connectivity index (χ4n) is 0.914. The molecule has 1 heterocycles. The number of carbonyl (C=O) groups excluding carboxylic acids is 1. The number of halogens is 1. The molecule has 82 valence electrons. The van der Waals surface area contributed by atoms with Crippen molar-refractivity contribution in [1.82, 2.24) is 10.5 Å². The summed E-state index contributed by atoms with van der Waals surface area (Å²) in [6.07, 6.45) is 3.52. The van der Waals surface area contributed by atoms with Crippen LogP contribution in [0.15, 0.2) is 22.8 Å². The van der Waals surface area contributed by atoms with Gasteiger partial charge in [-0.05, 0) is 18.6 Å². The summed E-state index contributed by atoms with van der Waals surface area (Å²) in [5.74, 6) is -0.326. The van der Waals surface area contributed by atoms with Crippen LogP contribution in [0.2, 0.25) is 0 Å². The van der Waals surface area contributed by atoms with Crippen molar-refractivity contribution >= 4 is 21.8 Å². The Morgan fingerprint density at radius 3 is 3.13 bits per heavy atom. The van der Waals surface area contributed by atoms with E-state index in [1.54, 1.807) is 18.3 Å². The molecule has 0 aliphatic carbocycles. The molecule has 0 bridgehead atoms. The molecule has 0 aliphatic rings. The zero-order valence-electron chi connectivity index (χ0n) is 8.50. The fraction of sp³-hybridized carbons (Fsp3) is 0.400. The zero-order valence-corrected chi connectivity index (χ0v) is 10.1. The molecule has 1 aromatic rings. The van der Waals surface area contributed by atoms with Crippen LogP contribution in [-0.2, 0) is 4.84 Å². The standard InChI is InChI=1S/C10H13BrN2O2/c1-2-3-6-15-13-10(14)9-7-8(11)4-5-12-9/h4-5,7H,2-3,6H2,1H3,(H,13,14). The van der Waals surface area contributed by atoms with E-state index >= 15 is 0 Å². The number of carbonyl (C=O) groups is 1. The number of hydroxylamine groups is 1. The molecule has 0 aliphatic heterocycles. The third-order valence-electron chi connectivity index (χ3n) is 1.72. The van der Waals surface area contributed by atoms with Gasteiger partial charge in [-0.2, -0.15) is 0 Å². The topological polar surface area (TPSA) is 51.2 Å². The Hall–Kier alpha value is -0.940. The quantitative estimate of drug-likeness (QED) is 0.661. The van der Waals surface area contributed by atoms with E-state index in [0.717, 1.165) is 17.3 Å². The van der Waals surface area contributed by atoms with Gasteiger partial charge in [-0.1, -0.05) is 29.3 Å². The van der Waals surface area contributed by atoms with Crippen molar-refractivity contribution in [3.05, 3.63) is 28.5 Å². The molecular weight excluding hydrogens is 260 g/mol. The van der Waals surface area contributed by atoms with Crippen molar-refractivity contribution in [3.8, 4) is 0 Å². The second-order valence-corrected chi connectivity index (χ2v) is 3.91. The lowest BCUT2D eigenvalue weighted by Crippen LogP contribution is -2.25. The smallest absolute Gasteiger partial charge is 0.273 e.